The molecule has 0 unspecified atom stereocenters. The number of rotatable bonds is 4. The van der Waals surface area contributed by atoms with Crippen molar-refractivity contribution in [2.75, 3.05) is 30.9 Å². The summed E-state index contributed by atoms with van der Waals surface area (Å²) in [4.78, 5) is 27.8. The summed E-state index contributed by atoms with van der Waals surface area (Å²) in [7, 11) is -4.07. The lowest BCUT2D eigenvalue weighted by Crippen LogP contribution is -2.53. The highest BCUT2D eigenvalue weighted by atomic mass is 32.2. The number of amides is 3. The number of benzene rings is 2. The molecule has 10 heteroatoms. The van der Waals surface area contributed by atoms with Crippen molar-refractivity contribution in [2.24, 2.45) is 0 Å². The molecule has 29 heavy (non-hydrogen) atoms. The number of para-hydroxylation sites is 1. The van der Waals surface area contributed by atoms with E-state index in [1.54, 1.807) is 9.80 Å². The molecule has 2 saturated heterocycles. The summed E-state index contributed by atoms with van der Waals surface area (Å²) in [6.45, 7) is 1.65. The molecular weight excluding hydrogens is 399 g/mol. The predicted molar refractivity (Wildman–Crippen MR) is 103 cm³/mol. The maximum Gasteiger partial charge on any atom is 0.317 e. The molecule has 8 nitrogen and oxygen atoms in total. The van der Waals surface area contributed by atoms with E-state index in [1.807, 2.05) is 0 Å². The Balaban J connectivity index is 1.53. The molecule has 0 radical (unpaired) electrons. The number of anilines is 1. The quantitative estimate of drug-likeness (QED) is 0.786. The highest BCUT2D eigenvalue weighted by molar-refractivity contribution is 7.92. The minimum atomic E-state index is -4.07. The van der Waals surface area contributed by atoms with Gasteiger partial charge in [-0.2, -0.15) is 0 Å². The number of piperazine rings is 1. The summed E-state index contributed by atoms with van der Waals surface area (Å²) in [5.41, 5.74) is 0.0471. The van der Waals surface area contributed by atoms with Gasteiger partial charge < -0.3 is 15.1 Å². The van der Waals surface area contributed by atoms with E-state index in [-0.39, 0.29) is 34.1 Å². The normalized spacial score (nSPS) is 18.9. The van der Waals surface area contributed by atoms with Gasteiger partial charge in [0.05, 0.1) is 16.6 Å². The van der Waals surface area contributed by atoms with Crippen molar-refractivity contribution in [3.63, 3.8) is 0 Å². The van der Waals surface area contributed by atoms with Gasteiger partial charge in [-0.05, 0) is 30.3 Å². The standard InChI is InChI=1S/C19H19FN4O4S/c20-16-6-1-2-7-17(16)22-29(27,28)15-5-3-4-13(10-15)18(25)23-8-9-24-14(12-23)11-21-19(24)26/h1-7,10,14,22H,8-9,11-12H2,(H,21,26)/t14-/m0/s1. The summed E-state index contributed by atoms with van der Waals surface area (Å²) in [5, 5.41) is 2.75. The van der Waals surface area contributed by atoms with Gasteiger partial charge in [-0.1, -0.05) is 18.2 Å². The number of sulfonamides is 1. The summed E-state index contributed by atoms with van der Waals surface area (Å²) in [6, 6.07) is 10.9. The van der Waals surface area contributed by atoms with Crippen LogP contribution in [0.1, 0.15) is 10.4 Å². The smallest absolute Gasteiger partial charge is 0.317 e. The molecule has 2 N–H and O–H groups in total. The third-order valence-electron chi connectivity index (χ3n) is 5.03. The first-order chi connectivity index (χ1) is 13.8. The molecule has 2 aliphatic heterocycles. The second-order valence-electron chi connectivity index (χ2n) is 6.90. The first-order valence-corrected chi connectivity index (χ1v) is 10.5. The highest BCUT2D eigenvalue weighted by Gasteiger charge is 2.37. The molecule has 2 aromatic rings. The summed E-state index contributed by atoms with van der Waals surface area (Å²) < 4.78 is 41.3. The average molecular weight is 418 g/mol. The van der Waals surface area contributed by atoms with Gasteiger partial charge in [0.25, 0.3) is 15.9 Å². The number of nitrogens with one attached hydrogen (secondary N) is 2. The number of halogens is 1. The van der Waals surface area contributed by atoms with E-state index in [0.29, 0.717) is 26.2 Å². The Morgan fingerprint density at radius 1 is 1.14 bits per heavy atom. The SMILES string of the molecule is O=C(c1cccc(S(=O)(=O)Nc2ccccc2F)c1)N1CCN2C(=O)NC[C@H]2C1. The number of carbonyl (C=O) groups is 2. The molecule has 0 aromatic heterocycles. The summed E-state index contributed by atoms with van der Waals surface area (Å²) in [5.74, 6) is -1.01. The molecular formula is C19H19FN4O4S. The van der Waals surface area contributed by atoms with Crippen LogP contribution in [-0.2, 0) is 10.0 Å². The van der Waals surface area contributed by atoms with Gasteiger partial charge in [0.1, 0.15) is 5.82 Å². The van der Waals surface area contributed by atoms with E-state index in [4.69, 9.17) is 0 Å². The zero-order valence-electron chi connectivity index (χ0n) is 15.3. The van der Waals surface area contributed by atoms with Gasteiger partial charge in [-0.25, -0.2) is 17.6 Å². The first kappa shape index (κ1) is 19.2. The van der Waals surface area contributed by atoms with Crippen LogP contribution < -0.4 is 10.0 Å². The Bertz CT molecular complexity index is 1080. The van der Waals surface area contributed by atoms with Gasteiger partial charge in [-0.15, -0.1) is 0 Å². The Morgan fingerprint density at radius 2 is 1.93 bits per heavy atom. The van der Waals surface area contributed by atoms with Gasteiger partial charge in [0.2, 0.25) is 0 Å². The Kier molecular flexibility index (Phi) is 4.87. The molecule has 1 atom stereocenters. The molecule has 2 aliphatic rings. The van der Waals surface area contributed by atoms with Crippen molar-refractivity contribution in [1.29, 1.82) is 0 Å². The van der Waals surface area contributed by atoms with E-state index in [9.17, 15) is 22.4 Å². The van der Waals surface area contributed by atoms with Crippen LogP contribution in [0.4, 0.5) is 14.9 Å². The van der Waals surface area contributed by atoms with E-state index in [2.05, 4.69) is 10.0 Å². The average Bonchev–Trinajstić information content (AvgIpc) is 3.09. The van der Waals surface area contributed by atoms with Crippen molar-refractivity contribution < 1.29 is 22.4 Å². The lowest BCUT2D eigenvalue weighted by atomic mass is 10.1. The second-order valence-corrected chi connectivity index (χ2v) is 8.58. The van der Waals surface area contributed by atoms with Crippen molar-refractivity contribution in [1.82, 2.24) is 15.1 Å². The third-order valence-corrected chi connectivity index (χ3v) is 6.39. The molecule has 0 aliphatic carbocycles. The Labute approximate surface area is 167 Å². The van der Waals surface area contributed by atoms with E-state index >= 15 is 0 Å². The molecule has 3 amide bonds. The third kappa shape index (κ3) is 3.75. The van der Waals surface area contributed by atoms with Crippen molar-refractivity contribution >= 4 is 27.6 Å². The second kappa shape index (κ2) is 7.36. The van der Waals surface area contributed by atoms with Crippen LogP contribution in [0.15, 0.2) is 53.4 Å². The predicted octanol–water partition coefficient (Wildman–Crippen LogP) is 1.48. The number of urea groups is 1. The highest BCUT2D eigenvalue weighted by Crippen LogP contribution is 2.21. The fraction of sp³-hybridized carbons (Fsp3) is 0.263. The molecule has 152 valence electrons. The number of hydrogen-bond donors (Lipinski definition) is 2. The Morgan fingerprint density at radius 3 is 2.72 bits per heavy atom. The van der Waals surface area contributed by atoms with Crippen LogP contribution in [0.2, 0.25) is 0 Å². The zero-order chi connectivity index (χ0) is 20.6. The van der Waals surface area contributed by atoms with Crippen LogP contribution in [0.3, 0.4) is 0 Å². The fourth-order valence-electron chi connectivity index (χ4n) is 3.52. The minimum Gasteiger partial charge on any atom is -0.336 e. The number of carbonyl (C=O) groups excluding carboxylic acids is 2. The van der Waals surface area contributed by atoms with E-state index in [1.165, 1.54) is 42.5 Å². The molecule has 2 fully saturated rings. The van der Waals surface area contributed by atoms with Gasteiger partial charge >= 0.3 is 6.03 Å². The van der Waals surface area contributed by atoms with E-state index in [0.717, 1.165) is 6.07 Å². The zero-order valence-corrected chi connectivity index (χ0v) is 16.2. The maximum atomic E-state index is 13.8. The van der Waals surface area contributed by atoms with Crippen molar-refractivity contribution in [3.8, 4) is 0 Å². The number of hydrogen-bond acceptors (Lipinski definition) is 4. The van der Waals surface area contributed by atoms with Crippen molar-refractivity contribution in [3.05, 3.63) is 59.9 Å². The lowest BCUT2D eigenvalue weighted by molar-refractivity contribution is 0.0616. The van der Waals surface area contributed by atoms with Crippen LogP contribution in [-0.4, -0.2) is 62.4 Å². The molecule has 0 bridgehead atoms. The Hall–Kier alpha value is -3.14. The largest absolute Gasteiger partial charge is 0.336 e. The molecule has 4 rings (SSSR count). The van der Waals surface area contributed by atoms with Crippen LogP contribution in [0, 0.1) is 5.82 Å². The summed E-state index contributed by atoms with van der Waals surface area (Å²) in [6.07, 6.45) is 0. The number of nitrogens with zero attached hydrogens (tertiary/aromatic N) is 2. The van der Waals surface area contributed by atoms with Gasteiger partial charge in [-0.3, -0.25) is 9.52 Å². The first-order valence-electron chi connectivity index (χ1n) is 9.06. The monoisotopic (exact) mass is 418 g/mol. The molecule has 2 heterocycles. The van der Waals surface area contributed by atoms with Gasteiger partial charge in [0, 0.05) is 31.7 Å². The molecule has 2 aromatic carbocycles. The van der Waals surface area contributed by atoms with Gasteiger partial charge in [0.15, 0.2) is 0 Å². The van der Waals surface area contributed by atoms with Crippen LogP contribution >= 0.6 is 0 Å². The minimum absolute atomic E-state index is 0.0881. The fourth-order valence-corrected chi connectivity index (χ4v) is 4.63. The van der Waals surface area contributed by atoms with Crippen LogP contribution in [0.5, 0.6) is 0 Å². The van der Waals surface area contributed by atoms with E-state index < -0.39 is 15.8 Å². The topological polar surface area (TPSA) is 98.8 Å². The number of fused-ring (bicyclic) bond motifs is 1. The summed E-state index contributed by atoms with van der Waals surface area (Å²) >= 11 is 0. The van der Waals surface area contributed by atoms with Crippen molar-refractivity contribution in [2.45, 2.75) is 10.9 Å². The molecule has 0 saturated carbocycles. The maximum absolute atomic E-state index is 13.8. The lowest BCUT2D eigenvalue weighted by Gasteiger charge is -2.36. The molecule has 0 spiro atoms. The van der Waals surface area contributed by atoms with Crippen LogP contribution in [0.25, 0.3) is 0 Å².